The second-order valence-electron chi connectivity index (χ2n) is 11.1. The van der Waals surface area contributed by atoms with Crippen molar-refractivity contribution in [1.29, 1.82) is 0 Å². The number of para-hydroxylation sites is 1. The van der Waals surface area contributed by atoms with E-state index in [-0.39, 0.29) is 12.0 Å². The quantitative estimate of drug-likeness (QED) is 0.388. The van der Waals surface area contributed by atoms with Crippen molar-refractivity contribution in [2.24, 2.45) is 0 Å². The van der Waals surface area contributed by atoms with Gasteiger partial charge in [0.1, 0.15) is 12.4 Å². The second kappa shape index (κ2) is 15.8. The molecule has 2 aromatic carbocycles. The summed E-state index contributed by atoms with van der Waals surface area (Å²) in [6, 6.07) is 16.3. The van der Waals surface area contributed by atoms with Crippen LogP contribution in [0.3, 0.4) is 0 Å². The summed E-state index contributed by atoms with van der Waals surface area (Å²) < 4.78 is 19.4. The lowest BCUT2D eigenvalue weighted by atomic mass is 9.93. The van der Waals surface area contributed by atoms with Crippen LogP contribution in [-0.4, -0.2) is 108 Å². The molecule has 2 fully saturated rings. The van der Waals surface area contributed by atoms with Crippen LogP contribution >= 0.6 is 0 Å². The number of carbonyl (C=O) groups excluding carboxylic acids is 1. The number of rotatable bonds is 10. The van der Waals surface area contributed by atoms with Gasteiger partial charge >= 0.3 is 11.9 Å². The van der Waals surface area contributed by atoms with E-state index >= 15 is 0 Å². The van der Waals surface area contributed by atoms with Crippen LogP contribution in [0.1, 0.15) is 43.4 Å². The van der Waals surface area contributed by atoms with Gasteiger partial charge in [0.05, 0.1) is 24.8 Å². The molecule has 1 spiro atoms. The van der Waals surface area contributed by atoms with Crippen molar-refractivity contribution in [3.05, 3.63) is 77.4 Å². The lowest BCUT2D eigenvalue weighted by Gasteiger charge is -2.36. The highest BCUT2D eigenvalue weighted by Crippen LogP contribution is 2.47. The summed E-state index contributed by atoms with van der Waals surface area (Å²) in [6.07, 6.45) is 3.09. The van der Waals surface area contributed by atoms with Gasteiger partial charge in [-0.05, 0) is 30.5 Å². The Labute approximate surface area is 258 Å². The van der Waals surface area contributed by atoms with Gasteiger partial charge in [0, 0.05) is 63.5 Å². The van der Waals surface area contributed by atoms with E-state index in [0.717, 1.165) is 81.1 Å². The summed E-state index contributed by atoms with van der Waals surface area (Å²) in [7, 11) is 0. The number of carbonyl (C=O) groups is 3. The highest BCUT2D eigenvalue weighted by atomic mass is 16.7. The molecule has 1 amide bonds. The number of nitrogens with zero attached hydrogens (tertiary/aromatic N) is 3. The first kappa shape index (κ1) is 33.1. The van der Waals surface area contributed by atoms with Crippen LogP contribution in [0.15, 0.2) is 60.7 Å². The van der Waals surface area contributed by atoms with E-state index in [9.17, 15) is 14.4 Å². The number of fused-ring (bicyclic) bond motifs is 4. The first-order valence-electron chi connectivity index (χ1n) is 15.2. The molecule has 0 aliphatic carbocycles. The summed E-state index contributed by atoms with van der Waals surface area (Å²) >= 11 is 0. The third kappa shape index (κ3) is 8.44. The van der Waals surface area contributed by atoms with E-state index in [0.29, 0.717) is 31.9 Å². The van der Waals surface area contributed by atoms with Crippen molar-refractivity contribution in [2.45, 2.75) is 45.2 Å². The molecule has 2 aromatic rings. The van der Waals surface area contributed by atoms with Gasteiger partial charge < -0.3 is 29.3 Å². The van der Waals surface area contributed by atoms with Gasteiger partial charge in [-0.1, -0.05) is 50.2 Å². The average molecular weight is 610 g/mol. The standard InChI is InChI=1S/C29H39N3O4.C4H4O4/c1-3-13-32(14-4-2)28(33)20-31-17-15-30(16-18-31)19-24-22-35-29(36-24)25-10-6-5-9-23(25)21-34-27-12-8-7-11-26(27)29;5-3(6)1-2-4(7)8/h5-12,24H,3-4,13-22H2,1-2H3;1-2H,(H,5,6)(H,7,8)/b;2-1-. The van der Waals surface area contributed by atoms with E-state index in [4.69, 9.17) is 24.4 Å². The first-order chi connectivity index (χ1) is 21.3. The molecule has 0 saturated carbocycles. The Hall–Kier alpha value is -3.77. The molecule has 0 aromatic heterocycles. The van der Waals surface area contributed by atoms with Gasteiger partial charge in [-0.25, -0.2) is 9.59 Å². The van der Waals surface area contributed by atoms with Crippen molar-refractivity contribution in [3.63, 3.8) is 0 Å². The topological polar surface area (TPSA) is 129 Å². The fourth-order valence-electron chi connectivity index (χ4n) is 5.77. The maximum absolute atomic E-state index is 12.8. The largest absolute Gasteiger partial charge is 0.488 e. The Morgan fingerprint density at radius 1 is 0.886 bits per heavy atom. The van der Waals surface area contributed by atoms with Crippen LogP contribution in [-0.2, 0) is 36.3 Å². The van der Waals surface area contributed by atoms with Gasteiger partial charge in [0.15, 0.2) is 0 Å². The SMILES string of the molecule is CCCN(CCC)C(=O)CN1CCN(CC2COC3(O2)c2ccccc2COc2ccccc23)CC1.O=C(O)/C=C\C(=O)O. The van der Waals surface area contributed by atoms with E-state index in [1.54, 1.807) is 0 Å². The molecule has 238 valence electrons. The monoisotopic (exact) mass is 609 g/mol. The lowest BCUT2D eigenvalue weighted by Crippen LogP contribution is -2.51. The van der Waals surface area contributed by atoms with Gasteiger partial charge in [-0.3, -0.25) is 14.6 Å². The zero-order valence-electron chi connectivity index (χ0n) is 25.5. The molecule has 3 aliphatic rings. The Balaban J connectivity index is 0.000000488. The molecule has 44 heavy (non-hydrogen) atoms. The second-order valence-corrected chi connectivity index (χ2v) is 11.1. The normalized spacial score (nSPS) is 21.5. The number of benzene rings is 2. The van der Waals surface area contributed by atoms with Crippen molar-refractivity contribution in [1.82, 2.24) is 14.7 Å². The maximum atomic E-state index is 12.8. The summed E-state index contributed by atoms with van der Waals surface area (Å²) in [5.74, 6) is -2.38. The number of ether oxygens (including phenoxy) is 3. The van der Waals surface area contributed by atoms with Crippen LogP contribution in [0, 0.1) is 0 Å². The predicted molar refractivity (Wildman–Crippen MR) is 163 cm³/mol. The van der Waals surface area contributed by atoms with Gasteiger partial charge in [0.25, 0.3) is 0 Å². The minimum absolute atomic E-state index is 0.0398. The van der Waals surface area contributed by atoms with Gasteiger partial charge in [-0.15, -0.1) is 0 Å². The summed E-state index contributed by atoms with van der Waals surface area (Å²) in [5.41, 5.74) is 3.06. The number of aliphatic carboxylic acids is 2. The molecule has 11 nitrogen and oxygen atoms in total. The maximum Gasteiger partial charge on any atom is 0.328 e. The Morgan fingerprint density at radius 2 is 1.48 bits per heavy atom. The van der Waals surface area contributed by atoms with Crippen LogP contribution in [0.25, 0.3) is 0 Å². The summed E-state index contributed by atoms with van der Waals surface area (Å²) in [5, 5.41) is 15.6. The van der Waals surface area contributed by atoms with Crippen LogP contribution in [0.2, 0.25) is 0 Å². The Morgan fingerprint density at radius 3 is 2.11 bits per heavy atom. The number of amides is 1. The van der Waals surface area contributed by atoms with Crippen LogP contribution in [0.5, 0.6) is 5.75 Å². The third-order valence-corrected chi connectivity index (χ3v) is 7.80. The van der Waals surface area contributed by atoms with Crippen molar-refractivity contribution >= 4 is 17.8 Å². The van der Waals surface area contributed by atoms with Crippen molar-refractivity contribution in [3.8, 4) is 5.75 Å². The van der Waals surface area contributed by atoms with E-state index in [1.165, 1.54) is 0 Å². The molecule has 0 bridgehead atoms. The number of hydrogen-bond acceptors (Lipinski definition) is 8. The fourth-order valence-corrected chi connectivity index (χ4v) is 5.77. The molecule has 2 saturated heterocycles. The number of piperazine rings is 1. The number of carboxylic acids is 2. The van der Waals surface area contributed by atoms with Gasteiger partial charge in [0.2, 0.25) is 11.7 Å². The highest BCUT2D eigenvalue weighted by Gasteiger charge is 2.49. The fraction of sp³-hybridized carbons (Fsp3) is 0.485. The molecule has 0 radical (unpaired) electrons. The van der Waals surface area contributed by atoms with E-state index < -0.39 is 17.7 Å². The average Bonchev–Trinajstić information content (AvgIpc) is 3.39. The molecule has 2 atom stereocenters. The van der Waals surface area contributed by atoms with E-state index in [2.05, 4.69) is 41.8 Å². The number of hydrogen-bond donors (Lipinski definition) is 2. The molecular weight excluding hydrogens is 566 g/mol. The minimum Gasteiger partial charge on any atom is -0.488 e. The van der Waals surface area contributed by atoms with Crippen molar-refractivity contribution in [2.75, 3.05) is 59.0 Å². The van der Waals surface area contributed by atoms with Crippen LogP contribution in [0.4, 0.5) is 0 Å². The molecule has 11 heteroatoms. The molecule has 3 aliphatic heterocycles. The zero-order valence-corrected chi connectivity index (χ0v) is 25.5. The van der Waals surface area contributed by atoms with E-state index in [1.807, 2.05) is 35.2 Å². The Bertz CT molecular complexity index is 1240. The Kier molecular flexibility index (Phi) is 11.9. The summed E-state index contributed by atoms with van der Waals surface area (Å²) in [4.78, 5) is 38.6. The predicted octanol–water partition coefficient (Wildman–Crippen LogP) is 3.17. The lowest BCUT2D eigenvalue weighted by molar-refractivity contribution is -0.145. The molecular formula is C33H43N3O8. The van der Waals surface area contributed by atoms with Crippen molar-refractivity contribution < 1.29 is 38.8 Å². The van der Waals surface area contributed by atoms with Gasteiger partial charge in [-0.2, -0.15) is 0 Å². The molecule has 2 N–H and O–H groups in total. The highest BCUT2D eigenvalue weighted by molar-refractivity contribution is 5.89. The smallest absolute Gasteiger partial charge is 0.328 e. The minimum atomic E-state index is -1.26. The number of carboxylic acid groups (broad SMARTS) is 2. The van der Waals surface area contributed by atoms with Crippen LogP contribution < -0.4 is 4.74 Å². The third-order valence-electron chi connectivity index (χ3n) is 7.80. The molecule has 2 unspecified atom stereocenters. The molecule has 5 rings (SSSR count). The zero-order chi connectivity index (χ0) is 31.5. The molecule has 3 heterocycles. The summed E-state index contributed by atoms with van der Waals surface area (Å²) in [6.45, 7) is 12.0. The first-order valence-corrected chi connectivity index (χ1v) is 15.2.